The van der Waals surface area contributed by atoms with E-state index in [0.29, 0.717) is 11.3 Å². The van der Waals surface area contributed by atoms with Gasteiger partial charge in [0.15, 0.2) is 6.61 Å². The number of carbonyl (C=O) groups is 1. The van der Waals surface area contributed by atoms with Crippen LogP contribution in [0, 0.1) is 11.3 Å². The maximum atomic E-state index is 11.9. The van der Waals surface area contributed by atoms with E-state index in [4.69, 9.17) is 10.00 Å². The van der Waals surface area contributed by atoms with Gasteiger partial charge in [-0.1, -0.05) is 12.1 Å². The second-order valence-electron chi connectivity index (χ2n) is 4.47. The predicted molar refractivity (Wildman–Crippen MR) is 77.4 cm³/mol. The average molecular weight is 281 g/mol. The summed E-state index contributed by atoms with van der Waals surface area (Å²) in [4.78, 5) is 15.8. The zero-order valence-corrected chi connectivity index (χ0v) is 11.6. The molecule has 0 unspecified atom stereocenters. The van der Waals surface area contributed by atoms with Crippen LogP contribution in [0.1, 0.15) is 24.1 Å². The summed E-state index contributed by atoms with van der Waals surface area (Å²) in [6.07, 6.45) is 3.36. The fraction of sp³-hybridized carbons (Fsp3) is 0.188. The van der Waals surface area contributed by atoms with Gasteiger partial charge in [-0.05, 0) is 36.8 Å². The molecule has 0 aliphatic carbocycles. The van der Waals surface area contributed by atoms with Crippen LogP contribution < -0.4 is 10.1 Å². The van der Waals surface area contributed by atoms with Gasteiger partial charge in [-0.2, -0.15) is 5.26 Å². The van der Waals surface area contributed by atoms with E-state index in [2.05, 4.69) is 10.3 Å². The molecule has 0 saturated carbocycles. The second kappa shape index (κ2) is 7.06. The Balaban J connectivity index is 1.89. The lowest BCUT2D eigenvalue weighted by Crippen LogP contribution is -2.31. The van der Waals surface area contributed by atoms with E-state index >= 15 is 0 Å². The lowest BCUT2D eigenvalue weighted by Gasteiger charge is -2.14. The van der Waals surface area contributed by atoms with Crippen LogP contribution >= 0.6 is 0 Å². The number of carbonyl (C=O) groups excluding carboxylic acids is 1. The van der Waals surface area contributed by atoms with Crippen molar-refractivity contribution in [3.63, 3.8) is 0 Å². The zero-order chi connectivity index (χ0) is 15.1. The molecule has 1 amide bonds. The molecule has 106 valence electrons. The molecule has 0 bridgehead atoms. The Morgan fingerprint density at radius 1 is 1.33 bits per heavy atom. The van der Waals surface area contributed by atoms with Crippen LogP contribution in [0.3, 0.4) is 0 Å². The van der Waals surface area contributed by atoms with Gasteiger partial charge in [0.2, 0.25) is 0 Å². The molecule has 0 aliphatic rings. The van der Waals surface area contributed by atoms with Crippen LogP contribution in [0.5, 0.6) is 5.75 Å². The van der Waals surface area contributed by atoms with Crippen molar-refractivity contribution >= 4 is 5.91 Å². The summed E-state index contributed by atoms with van der Waals surface area (Å²) < 4.78 is 5.38. The number of para-hydroxylation sites is 1. The quantitative estimate of drug-likeness (QED) is 0.911. The molecule has 2 aromatic rings. The minimum absolute atomic E-state index is 0.129. The minimum Gasteiger partial charge on any atom is -0.482 e. The molecule has 21 heavy (non-hydrogen) atoms. The highest BCUT2D eigenvalue weighted by molar-refractivity contribution is 5.78. The fourth-order valence-corrected chi connectivity index (χ4v) is 1.85. The summed E-state index contributed by atoms with van der Waals surface area (Å²) >= 11 is 0. The summed E-state index contributed by atoms with van der Waals surface area (Å²) in [5.74, 6) is 0.166. The van der Waals surface area contributed by atoms with E-state index in [-0.39, 0.29) is 18.6 Å². The molecule has 1 atom stereocenters. The van der Waals surface area contributed by atoms with Gasteiger partial charge in [0.1, 0.15) is 11.8 Å². The molecule has 0 aliphatic heterocycles. The van der Waals surface area contributed by atoms with Crippen molar-refractivity contribution in [2.75, 3.05) is 6.61 Å². The van der Waals surface area contributed by atoms with E-state index in [1.54, 1.807) is 36.7 Å². The highest BCUT2D eigenvalue weighted by Crippen LogP contribution is 2.16. The van der Waals surface area contributed by atoms with E-state index < -0.39 is 0 Å². The molecular formula is C16H15N3O2. The highest BCUT2D eigenvalue weighted by atomic mass is 16.5. The third kappa shape index (κ3) is 4.05. The lowest BCUT2D eigenvalue weighted by atomic mass is 10.1. The monoisotopic (exact) mass is 281 g/mol. The number of nitrogens with zero attached hydrogens (tertiary/aromatic N) is 2. The number of benzene rings is 1. The van der Waals surface area contributed by atoms with Gasteiger partial charge in [0, 0.05) is 12.4 Å². The fourth-order valence-electron chi connectivity index (χ4n) is 1.85. The number of amides is 1. The van der Waals surface area contributed by atoms with Crippen LogP contribution in [0.25, 0.3) is 0 Å². The number of hydrogen-bond donors (Lipinski definition) is 1. The Morgan fingerprint density at radius 2 is 2.05 bits per heavy atom. The molecule has 2 rings (SSSR count). The summed E-state index contributed by atoms with van der Waals surface area (Å²) in [5.41, 5.74) is 1.38. The Bertz CT molecular complexity index is 650. The highest BCUT2D eigenvalue weighted by Gasteiger charge is 2.10. The van der Waals surface area contributed by atoms with Crippen molar-refractivity contribution in [3.05, 3.63) is 59.9 Å². The Hall–Kier alpha value is -2.87. The van der Waals surface area contributed by atoms with Crippen molar-refractivity contribution < 1.29 is 9.53 Å². The summed E-state index contributed by atoms with van der Waals surface area (Å²) in [6, 6.07) is 12.4. The number of hydrogen-bond acceptors (Lipinski definition) is 4. The van der Waals surface area contributed by atoms with Crippen LogP contribution in [0.2, 0.25) is 0 Å². The van der Waals surface area contributed by atoms with Crippen molar-refractivity contribution in [1.29, 1.82) is 5.26 Å². The van der Waals surface area contributed by atoms with E-state index in [9.17, 15) is 4.79 Å². The van der Waals surface area contributed by atoms with E-state index in [1.807, 2.05) is 25.1 Å². The molecule has 0 radical (unpaired) electrons. The third-order valence-corrected chi connectivity index (χ3v) is 2.95. The second-order valence-corrected chi connectivity index (χ2v) is 4.47. The maximum absolute atomic E-state index is 11.9. The normalized spacial score (nSPS) is 11.2. The van der Waals surface area contributed by atoms with Gasteiger partial charge < -0.3 is 10.1 Å². The first kappa shape index (κ1) is 14.5. The Labute approximate surface area is 123 Å². The first-order valence-electron chi connectivity index (χ1n) is 6.52. The molecule has 1 aromatic heterocycles. The number of aromatic nitrogens is 1. The number of nitriles is 1. The van der Waals surface area contributed by atoms with E-state index in [0.717, 1.165) is 5.56 Å². The van der Waals surface area contributed by atoms with Gasteiger partial charge in [-0.15, -0.1) is 0 Å². The number of pyridine rings is 1. The third-order valence-electron chi connectivity index (χ3n) is 2.95. The van der Waals surface area contributed by atoms with Crippen LogP contribution in [-0.4, -0.2) is 17.5 Å². The van der Waals surface area contributed by atoms with Gasteiger partial charge in [-0.3, -0.25) is 9.78 Å². The van der Waals surface area contributed by atoms with Crippen LogP contribution in [0.4, 0.5) is 0 Å². The molecule has 1 aromatic carbocycles. The van der Waals surface area contributed by atoms with Gasteiger partial charge >= 0.3 is 0 Å². The Morgan fingerprint density at radius 3 is 2.76 bits per heavy atom. The Kier molecular flexibility index (Phi) is 4.89. The SMILES string of the molecule is C[C@H](NC(=O)COc1ccccc1C#N)c1ccncc1. The smallest absolute Gasteiger partial charge is 0.258 e. The first-order chi connectivity index (χ1) is 10.2. The predicted octanol–water partition coefficient (Wildman–Crippen LogP) is 2.21. The molecule has 5 nitrogen and oxygen atoms in total. The number of nitrogens with one attached hydrogen (secondary N) is 1. The van der Waals surface area contributed by atoms with E-state index in [1.165, 1.54) is 0 Å². The maximum Gasteiger partial charge on any atom is 0.258 e. The molecular weight excluding hydrogens is 266 g/mol. The van der Waals surface area contributed by atoms with Crippen molar-refractivity contribution in [2.24, 2.45) is 0 Å². The van der Waals surface area contributed by atoms with Gasteiger partial charge in [-0.25, -0.2) is 0 Å². The van der Waals surface area contributed by atoms with Crippen LogP contribution in [0.15, 0.2) is 48.8 Å². The largest absolute Gasteiger partial charge is 0.482 e. The minimum atomic E-state index is -0.243. The molecule has 0 fully saturated rings. The number of rotatable bonds is 5. The molecule has 1 N–H and O–H groups in total. The van der Waals surface area contributed by atoms with Gasteiger partial charge in [0.05, 0.1) is 11.6 Å². The molecule has 0 saturated heterocycles. The topological polar surface area (TPSA) is 75.0 Å². The number of ether oxygens (including phenoxy) is 1. The average Bonchev–Trinajstić information content (AvgIpc) is 2.54. The molecule has 0 spiro atoms. The van der Waals surface area contributed by atoms with Gasteiger partial charge in [0.25, 0.3) is 5.91 Å². The molecule has 5 heteroatoms. The molecule has 1 heterocycles. The van der Waals surface area contributed by atoms with Crippen molar-refractivity contribution in [2.45, 2.75) is 13.0 Å². The van der Waals surface area contributed by atoms with Crippen LogP contribution in [-0.2, 0) is 4.79 Å². The summed E-state index contributed by atoms with van der Waals surface area (Å²) in [6.45, 7) is 1.75. The standard InChI is InChI=1S/C16H15N3O2/c1-12(13-6-8-18-9-7-13)19-16(20)11-21-15-5-3-2-4-14(15)10-17/h2-9,12H,11H2,1H3,(H,19,20)/t12-/m0/s1. The summed E-state index contributed by atoms with van der Waals surface area (Å²) in [5, 5.41) is 11.8. The van der Waals surface area contributed by atoms with Crippen molar-refractivity contribution in [1.82, 2.24) is 10.3 Å². The lowest BCUT2D eigenvalue weighted by molar-refractivity contribution is -0.123. The van der Waals surface area contributed by atoms with Crippen molar-refractivity contribution in [3.8, 4) is 11.8 Å². The first-order valence-corrected chi connectivity index (χ1v) is 6.52. The zero-order valence-electron chi connectivity index (χ0n) is 11.6. The summed E-state index contributed by atoms with van der Waals surface area (Å²) in [7, 11) is 0.